The number of ether oxygens (including phenoxy) is 1. The summed E-state index contributed by atoms with van der Waals surface area (Å²) in [6.07, 6.45) is 1.50. The van der Waals surface area contributed by atoms with Crippen molar-refractivity contribution in [2.75, 3.05) is 25.4 Å². The van der Waals surface area contributed by atoms with Crippen molar-refractivity contribution in [1.29, 1.82) is 0 Å². The lowest BCUT2D eigenvalue weighted by molar-refractivity contribution is -0.131. The summed E-state index contributed by atoms with van der Waals surface area (Å²) in [5, 5.41) is 0. The maximum absolute atomic E-state index is 12.0. The van der Waals surface area contributed by atoms with Crippen LogP contribution in [-0.4, -0.2) is 30.5 Å². The molecule has 1 saturated heterocycles. The summed E-state index contributed by atoms with van der Waals surface area (Å²) in [5.74, 6) is 0.893. The number of carbonyl (C=O) groups is 1. The number of rotatable bonds is 4. The van der Waals surface area contributed by atoms with Crippen molar-refractivity contribution in [3.63, 3.8) is 0 Å². The lowest BCUT2D eigenvalue weighted by Gasteiger charge is -2.19. The smallest absolute Gasteiger partial charge is 0.226 e. The fourth-order valence-corrected chi connectivity index (χ4v) is 2.34. The Morgan fingerprint density at radius 2 is 2.26 bits per heavy atom. The van der Waals surface area contributed by atoms with Gasteiger partial charge in [-0.1, -0.05) is 19.9 Å². The molecule has 4 heteroatoms. The Morgan fingerprint density at radius 3 is 2.89 bits per heavy atom. The number of nitrogens with zero attached hydrogens (tertiary/aromatic N) is 1. The molecule has 19 heavy (non-hydrogen) atoms. The molecule has 2 N–H and O–H groups in total. The molecule has 1 fully saturated rings. The first-order chi connectivity index (χ1) is 8.96. The summed E-state index contributed by atoms with van der Waals surface area (Å²) < 4.78 is 5.54. The number of anilines is 1. The Bertz CT molecular complexity index is 457. The quantitative estimate of drug-likeness (QED) is 0.847. The van der Waals surface area contributed by atoms with Gasteiger partial charge in [-0.25, -0.2) is 0 Å². The van der Waals surface area contributed by atoms with Crippen LogP contribution >= 0.6 is 0 Å². The normalized spacial score (nSPS) is 17.5. The van der Waals surface area contributed by atoms with Gasteiger partial charge in [-0.3, -0.25) is 4.79 Å². The molecule has 1 aliphatic heterocycles. The van der Waals surface area contributed by atoms with E-state index in [1.54, 1.807) is 6.07 Å². The van der Waals surface area contributed by atoms with Gasteiger partial charge in [0.25, 0.3) is 0 Å². The fourth-order valence-electron chi connectivity index (χ4n) is 2.34. The maximum Gasteiger partial charge on any atom is 0.226 e. The van der Waals surface area contributed by atoms with E-state index in [0.717, 1.165) is 25.3 Å². The van der Waals surface area contributed by atoms with Gasteiger partial charge in [-0.05, 0) is 24.0 Å². The minimum Gasteiger partial charge on any atom is -0.493 e. The van der Waals surface area contributed by atoms with E-state index in [2.05, 4.69) is 13.8 Å². The van der Waals surface area contributed by atoms with Crippen molar-refractivity contribution < 1.29 is 9.53 Å². The minimum atomic E-state index is 0.175. The van der Waals surface area contributed by atoms with Gasteiger partial charge in [0.05, 0.1) is 13.0 Å². The highest BCUT2D eigenvalue weighted by Gasteiger charge is 2.31. The second-order valence-electron chi connectivity index (χ2n) is 5.90. The zero-order valence-electron chi connectivity index (χ0n) is 11.7. The van der Waals surface area contributed by atoms with E-state index in [0.29, 0.717) is 18.7 Å². The standard InChI is InChI=1S/C15H22N2O2/c1-15(2)7-8-17(11-15)14(18)6-9-19-13-5-3-4-12(16)10-13/h3-5,10H,6-9,11,16H2,1-2H3. The van der Waals surface area contributed by atoms with Crippen molar-refractivity contribution >= 4 is 11.6 Å². The Kier molecular flexibility index (Phi) is 3.98. The number of carbonyl (C=O) groups excluding carboxylic acids is 1. The van der Waals surface area contributed by atoms with Crippen LogP contribution in [0.4, 0.5) is 5.69 Å². The number of hydrogen-bond acceptors (Lipinski definition) is 3. The molecule has 2 rings (SSSR count). The van der Waals surface area contributed by atoms with E-state index in [1.165, 1.54) is 0 Å². The zero-order chi connectivity index (χ0) is 13.9. The number of benzene rings is 1. The average molecular weight is 262 g/mol. The number of nitrogens with two attached hydrogens (primary N) is 1. The molecule has 0 aromatic heterocycles. The Morgan fingerprint density at radius 1 is 1.47 bits per heavy atom. The molecule has 4 nitrogen and oxygen atoms in total. The van der Waals surface area contributed by atoms with Crippen LogP contribution in [0.15, 0.2) is 24.3 Å². The molecule has 0 saturated carbocycles. The van der Waals surface area contributed by atoms with E-state index in [9.17, 15) is 4.79 Å². The van der Waals surface area contributed by atoms with E-state index in [4.69, 9.17) is 10.5 Å². The summed E-state index contributed by atoms with van der Waals surface area (Å²) in [6, 6.07) is 7.27. The Labute approximate surface area is 114 Å². The van der Waals surface area contributed by atoms with Crippen molar-refractivity contribution in [2.24, 2.45) is 5.41 Å². The summed E-state index contributed by atoms with van der Waals surface area (Å²) in [7, 11) is 0. The van der Waals surface area contributed by atoms with Gasteiger partial charge in [-0.2, -0.15) is 0 Å². The van der Waals surface area contributed by atoms with Crippen LogP contribution in [0.25, 0.3) is 0 Å². The van der Waals surface area contributed by atoms with Gasteiger partial charge in [0.1, 0.15) is 5.75 Å². The molecule has 1 amide bonds. The van der Waals surface area contributed by atoms with Crippen molar-refractivity contribution in [1.82, 2.24) is 4.90 Å². The van der Waals surface area contributed by atoms with Gasteiger partial charge in [-0.15, -0.1) is 0 Å². The highest BCUT2D eigenvalue weighted by molar-refractivity contribution is 5.76. The summed E-state index contributed by atoms with van der Waals surface area (Å²) >= 11 is 0. The minimum absolute atomic E-state index is 0.175. The molecule has 0 radical (unpaired) electrons. The topological polar surface area (TPSA) is 55.6 Å². The molecule has 0 spiro atoms. The van der Waals surface area contributed by atoms with Gasteiger partial charge < -0.3 is 15.4 Å². The highest BCUT2D eigenvalue weighted by Crippen LogP contribution is 2.29. The number of nitrogen functional groups attached to an aromatic ring is 1. The lowest BCUT2D eigenvalue weighted by atomic mass is 9.93. The van der Waals surface area contributed by atoms with Gasteiger partial charge in [0.2, 0.25) is 5.91 Å². The predicted octanol–water partition coefficient (Wildman–Crippen LogP) is 2.30. The van der Waals surface area contributed by atoms with Crippen LogP contribution in [0.5, 0.6) is 5.75 Å². The molecular formula is C15H22N2O2. The molecule has 1 aliphatic rings. The molecule has 104 valence electrons. The molecule has 0 atom stereocenters. The molecule has 0 unspecified atom stereocenters. The van der Waals surface area contributed by atoms with Crippen LogP contribution in [-0.2, 0) is 4.79 Å². The number of hydrogen-bond donors (Lipinski definition) is 1. The SMILES string of the molecule is CC1(C)CCN(C(=O)CCOc2cccc(N)c2)C1. The Balaban J connectivity index is 1.76. The maximum atomic E-state index is 12.0. The van der Waals surface area contributed by atoms with Crippen LogP contribution < -0.4 is 10.5 Å². The number of likely N-dealkylation sites (tertiary alicyclic amines) is 1. The van der Waals surface area contributed by atoms with Crippen molar-refractivity contribution in [2.45, 2.75) is 26.7 Å². The molecule has 1 heterocycles. The van der Waals surface area contributed by atoms with Gasteiger partial charge in [0, 0.05) is 24.8 Å². The van der Waals surface area contributed by atoms with Crippen molar-refractivity contribution in [3.05, 3.63) is 24.3 Å². The molecule has 1 aromatic carbocycles. The van der Waals surface area contributed by atoms with Crippen LogP contribution in [0, 0.1) is 5.41 Å². The summed E-state index contributed by atoms with van der Waals surface area (Å²) in [5.41, 5.74) is 6.59. The summed E-state index contributed by atoms with van der Waals surface area (Å²) in [6.45, 7) is 6.51. The largest absolute Gasteiger partial charge is 0.493 e. The highest BCUT2D eigenvalue weighted by atomic mass is 16.5. The predicted molar refractivity (Wildman–Crippen MR) is 75.9 cm³/mol. The van der Waals surface area contributed by atoms with Crippen molar-refractivity contribution in [3.8, 4) is 5.75 Å². The van der Waals surface area contributed by atoms with E-state index in [1.807, 2.05) is 23.1 Å². The molecule has 1 aromatic rings. The monoisotopic (exact) mass is 262 g/mol. The molecule has 0 aliphatic carbocycles. The lowest BCUT2D eigenvalue weighted by Crippen LogP contribution is -2.31. The fraction of sp³-hybridized carbons (Fsp3) is 0.533. The Hall–Kier alpha value is -1.71. The summed E-state index contributed by atoms with van der Waals surface area (Å²) in [4.78, 5) is 13.9. The van der Waals surface area contributed by atoms with Gasteiger partial charge >= 0.3 is 0 Å². The van der Waals surface area contributed by atoms with E-state index in [-0.39, 0.29) is 11.3 Å². The van der Waals surface area contributed by atoms with Crippen LogP contribution in [0.2, 0.25) is 0 Å². The van der Waals surface area contributed by atoms with Crippen LogP contribution in [0.1, 0.15) is 26.7 Å². The van der Waals surface area contributed by atoms with E-state index >= 15 is 0 Å². The second kappa shape index (κ2) is 5.51. The second-order valence-corrected chi connectivity index (χ2v) is 5.90. The average Bonchev–Trinajstić information content (AvgIpc) is 2.70. The molecular weight excluding hydrogens is 240 g/mol. The number of amides is 1. The first-order valence-electron chi connectivity index (χ1n) is 6.72. The third-order valence-electron chi connectivity index (χ3n) is 3.47. The van der Waals surface area contributed by atoms with E-state index < -0.39 is 0 Å². The zero-order valence-corrected chi connectivity index (χ0v) is 11.7. The van der Waals surface area contributed by atoms with Gasteiger partial charge in [0.15, 0.2) is 0 Å². The third-order valence-corrected chi connectivity index (χ3v) is 3.47. The molecule has 0 bridgehead atoms. The van der Waals surface area contributed by atoms with Crippen LogP contribution in [0.3, 0.4) is 0 Å². The first kappa shape index (κ1) is 13.7. The first-order valence-corrected chi connectivity index (χ1v) is 6.72. The third kappa shape index (κ3) is 3.88.